The minimum Gasteiger partial charge on any atom is -0.457 e. The highest BCUT2D eigenvalue weighted by atomic mass is 16.7. The molecule has 0 saturated carbocycles. The van der Waals surface area contributed by atoms with Gasteiger partial charge in [0, 0.05) is 0 Å². The van der Waals surface area contributed by atoms with E-state index in [1.807, 2.05) is 0 Å². The van der Waals surface area contributed by atoms with E-state index in [1.165, 1.54) is 13.8 Å². The van der Waals surface area contributed by atoms with Crippen LogP contribution >= 0.6 is 0 Å². The lowest BCUT2D eigenvalue weighted by Gasteiger charge is -2.24. The summed E-state index contributed by atoms with van der Waals surface area (Å²) in [7, 11) is 0. The van der Waals surface area contributed by atoms with E-state index in [0.29, 0.717) is 0 Å². The van der Waals surface area contributed by atoms with Crippen molar-refractivity contribution < 1.29 is 38.1 Å². The predicted molar refractivity (Wildman–Crippen MR) is 87.8 cm³/mol. The molecule has 0 aliphatic carbocycles. The lowest BCUT2D eigenvalue weighted by Crippen LogP contribution is -2.38. The lowest BCUT2D eigenvalue weighted by molar-refractivity contribution is -0.179. The van der Waals surface area contributed by atoms with E-state index in [4.69, 9.17) is 18.9 Å². The molecule has 0 aromatic heterocycles. The number of hydrogen-bond acceptors (Lipinski definition) is 8. The Morgan fingerprint density at radius 3 is 1.68 bits per heavy atom. The SMILES string of the molecule is CC(=O)CC(OC(=O)OC(C)(C)C)C(=O)O[C@@H](C)C(=O)OC(C)(C)C. The van der Waals surface area contributed by atoms with Crippen LogP contribution in [-0.4, -0.2) is 47.3 Å². The van der Waals surface area contributed by atoms with Crippen molar-refractivity contribution >= 4 is 23.9 Å². The summed E-state index contributed by atoms with van der Waals surface area (Å²) in [6, 6.07) is 0. The van der Waals surface area contributed by atoms with Gasteiger partial charge in [0.25, 0.3) is 0 Å². The summed E-state index contributed by atoms with van der Waals surface area (Å²) in [6.45, 7) is 12.4. The van der Waals surface area contributed by atoms with Gasteiger partial charge in [-0.15, -0.1) is 0 Å². The van der Waals surface area contributed by atoms with E-state index in [1.54, 1.807) is 41.5 Å². The smallest absolute Gasteiger partial charge is 0.457 e. The van der Waals surface area contributed by atoms with Crippen molar-refractivity contribution in [3.63, 3.8) is 0 Å². The van der Waals surface area contributed by atoms with Crippen LogP contribution in [-0.2, 0) is 33.3 Å². The van der Waals surface area contributed by atoms with Crippen molar-refractivity contribution in [3.8, 4) is 0 Å². The van der Waals surface area contributed by atoms with E-state index >= 15 is 0 Å². The summed E-state index contributed by atoms with van der Waals surface area (Å²) in [4.78, 5) is 47.0. The largest absolute Gasteiger partial charge is 0.509 e. The second-order valence-corrected chi connectivity index (χ2v) is 7.59. The van der Waals surface area contributed by atoms with Gasteiger partial charge >= 0.3 is 18.1 Å². The van der Waals surface area contributed by atoms with Crippen molar-refractivity contribution in [3.05, 3.63) is 0 Å². The normalized spacial score (nSPS) is 14.1. The Bertz CT molecular complexity index is 510. The van der Waals surface area contributed by atoms with Gasteiger partial charge < -0.3 is 18.9 Å². The van der Waals surface area contributed by atoms with Crippen LogP contribution in [0.3, 0.4) is 0 Å². The van der Waals surface area contributed by atoms with Crippen molar-refractivity contribution in [2.75, 3.05) is 0 Å². The number of carbonyl (C=O) groups excluding carboxylic acids is 4. The molecule has 0 aliphatic heterocycles. The van der Waals surface area contributed by atoms with Crippen LogP contribution < -0.4 is 0 Å². The van der Waals surface area contributed by atoms with Gasteiger partial charge in [0.2, 0.25) is 6.10 Å². The van der Waals surface area contributed by atoms with Crippen LogP contribution in [0, 0.1) is 0 Å². The second-order valence-electron chi connectivity index (χ2n) is 7.59. The molecule has 144 valence electrons. The predicted octanol–water partition coefficient (Wildman–Crippen LogP) is 2.56. The Kier molecular flexibility index (Phi) is 8.08. The quantitative estimate of drug-likeness (QED) is 0.525. The topological polar surface area (TPSA) is 105 Å². The summed E-state index contributed by atoms with van der Waals surface area (Å²) in [5.74, 6) is -2.17. The highest BCUT2D eigenvalue weighted by molar-refractivity contribution is 5.87. The molecule has 2 atom stereocenters. The molecule has 0 rings (SSSR count). The minimum atomic E-state index is -1.50. The van der Waals surface area contributed by atoms with Gasteiger partial charge in [-0.05, 0) is 55.4 Å². The lowest BCUT2D eigenvalue weighted by atomic mass is 10.2. The fourth-order valence-electron chi connectivity index (χ4n) is 1.51. The molecule has 0 radical (unpaired) electrons. The van der Waals surface area contributed by atoms with Crippen molar-refractivity contribution in [1.29, 1.82) is 0 Å². The van der Waals surface area contributed by atoms with Crippen molar-refractivity contribution in [2.24, 2.45) is 0 Å². The molecule has 0 aromatic rings. The molecule has 1 unspecified atom stereocenters. The van der Waals surface area contributed by atoms with Crippen LogP contribution in [0.4, 0.5) is 4.79 Å². The summed E-state index contributed by atoms with van der Waals surface area (Å²) in [6.07, 6.45) is -4.22. The van der Waals surface area contributed by atoms with E-state index in [9.17, 15) is 19.2 Å². The average molecular weight is 360 g/mol. The number of hydrogen-bond donors (Lipinski definition) is 0. The van der Waals surface area contributed by atoms with Gasteiger partial charge in [0.05, 0.1) is 6.42 Å². The Morgan fingerprint density at radius 1 is 0.800 bits per heavy atom. The molecule has 0 aliphatic rings. The van der Waals surface area contributed by atoms with Crippen LogP contribution in [0.25, 0.3) is 0 Å². The zero-order chi connectivity index (χ0) is 20.0. The standard InChI is InChI=1S/C17H28O8/c1-10(18)9-12(23-15(21)25-17(6,7)8)14(20)22-11(2)13(19)24-16(3,4)5/h11-12H,9H2,1-8H3/t11-,12?/m0/s1. The Hall–Kier alpha value is -2.12. The Balaban J connectivity index is 4.92. The number of rotatable bonds is 6. The maximum atomic E-state index is 12.1. The molecular weight excluding hydrogens is 332 g/mol. The molecule has 0 amide bonds. The van der Waals surface area contributed by atoms with Gasteiger partial charge in [-0.3, -0.25) is 4.79 Å². The first-order valence-electron chi connectivity index (χ1n) is 7.93. The molecule has 0 fully saturated rings. The van der Waals surface area contributed by atoms with Gasteiger partial charge in [-0.25, -0.2) is 14.4 Å². The zero-order valence-electron chi connectivity index (χ0n) is 16.1. The second kappa shape index (κ2) is 8.82. The van der Waals surface area contributed by atoms with Crippen LogP contribution in [0.15, 0.2) is 0 Å². The molecule has 0 aromatic carbocycles. The highest BCUT2D eigenvalue weighted by Gasteiger charge is 2.32. The van der Waals surface area contributed by atoms with E-state index < -0.39 is 47.3 Å². The number of carbonyl (C=O) groups is 4. The first-order chi connectivity index (χ1) is 11.1. The average Bonchev–Trinajstić information content (AvgIpc) is 2.32. The van der Waals surface area contributed by atoms with E-state index in [2.05, 4.69) is 0 Å². The van der Waals surface area contributed by atoms with Gasteiger partial charge in [-0.2, -0.15) is 0 Å². The molecule has 0 spiro atoms. The van der Waals surface area contributed by atoms with E-state index in [0.717, 1.165) is 0 Å². The van der Waals surface area contributed by atoms with Gasteiger partial charge in [-0.1, -0.05) is 0 Å². The Labute approximate surface area is 148 Å². The van der Waals surface area contributed by atoms with Crippen LogP contribution in [0.1, 0.15) is 61.8 Å². The number of esters is 2. The summed E-state index contributed by atoms with van der Waals surface area (Å²) < 4.78 is 19.9. The first-order valence-corrected chi connectivity index (χ1v) is 7.93. The first kappa shape index (κ1) is 22.9. The third-order valence-electron chi connectivity index (χ3n) is 2.40. The monoisotopic (exact) mass is 360 g/mol. The fourth-order valence-corrected chi connectivity index (χ4v) is 1.51. The molecular formula is C17H28O8. The van der Waals surface area contributed by atoms with Crippen LogP contribution in [0.2, 0.25) is 0 Å². The maximum absolute atomic E-state index is 12.1. The Morgan fingerprint density at radius 2 is 1.28 bits per heavy atom. The molecule has 0 saturated heterocycles. The molecule has 8 heteroatoms. The molecule has 0 bridgehead atoms. The molecule has 25 heavy (non-hydrogen) atoms. The molecule has 8 nitrogen and oxygen atoms in total. The third-order valence-corrected chi connectivity index (χ3v) is 2.40. The number of Topliss-reactive ketones (excluding diaryl/α,β-unsaturated/α-hetero) is 1. The number of ether oxygens (including phenoxy) is 4. The maximum Gasteiger partial charge on any atom is 0.509 e. The highest BCUT2D eigenvalue weighted by Crippen LogP contribution is 2.14. The zero-order valence-corrected chi connectivity index (χ0v) is 16.1. The van der Waals surface area contributed by atoms with Crippen LogP contribution in [0.5, 0.6) is 0 Å². The fraction of sp³-hybridized carbons (Fsp3) is 0.765. The number of ketones is 1. The van der Waals surface area contributed by atoms with Crippen molar-refractivity contribution in [2.45, 2.75) is 85.2 Å². The van der Waals surface area contributed by atoms with E-state index in [-0.39, 0.29) is 6.42 Å². The summed E-state index contributed by atoms with van der Waals surface area (Å²) in [5.41, 5.74) is -1.57. The summed E-state index contributed by atoms with van der Waals surface area (Å²) in [5, 5.41) is 0. The van der Waals surface area contributed by atoms with Crippen molar-refractivity contribution in [1.82, 2.24) is 0 Å². The third kappa shape index (κ3) is 11.1. The minimum absolute atomic E-state index is 0.390. The van der Waals surface area contributed by atoms with Gasteiger partial charge in [0.15, 0.2) is 6.10 Å². The molecule has 0 N–H and O–H groups in total. The summed E-state index contributed by atoms with van der Waals surface area (Å²) >= 11 is 0. The molecule has 0 heterocycles. The van der Waals surface area contributed by atoms with Gasteiger partial charge in [0.1, 0.15) is 17.0 Å².